The molecule has 12 rings (SSSR count). The third kappa shape index (κ3) is 6.04. The maximum absolute atomic E-state index is 4.36. The Balaban J connectivity index is 0.910. The summed E-state index contributed by atoms with van der Waals surface area (Å²) in [4.78, 5) is 2.34. The van der Waals surface area contributed by atoms with Gasteiger partial charge in [-0.2, -0.15) is 0 Å². The molecule has 0 saturated carbocycles. The zero-order chi connectivity index (χ0) is 41.9. The van der Waals surface area contributed by atoms with Gasteiger partial charge >= 0.3 is 0 Å². The van der Waals surface area contributed by atoms with Gasteiger partial charge in [-0.3, -0.25) is 0 Å². The predicted molar refractivity (Wildman–Crippen MR) is 268 cm³/mol. The molecule has 298 valence electrons. The molecule has 8 aromatic carbocycles. The Morgan fingerprint density at radius 1 is 0.571 bits per heavy atom. The highest BCUT2D eigenvalue weighted by Gasteiger charge is 2.22. The van der Waals surface area contributed by atoms with Crippen molar-refractivity contribution in [1.29, 1.82) is 0 Å². The summed E-state index contributed by atoms with van der Waals surface area (Å²) in [5.41, 5.74) is 15.5. The van der Waals surface area contributed by atoms with E-state index < -0.39 is 0 Å². The van der Waals surface area contributed by atoms with E-state index in [1.165, 1.54) is 82.2 Å². The van der Waals surface area contributed by atoms with E-state index in [1.807, 2.05) is 6.08 Å². The number of anilines is 1. The number of hydrogen-bond donors (Lipinski definition) is 0. The van der Waals surface area contributed by atoms with Crippen LogP contribution in [0.3, 0.4) is 0 Å². The number of allylic oxidation sites excluding steroid dienone is 6. The topological polar surface area (TPSA) is 12.6 Å². The number of benzene rings is 8. The van der Waals surface area contributed by atoms with E-state index in [9.17, 15) is 0 Å². The molecule has 1 unspecified atom stereocenters. The van der Waals surface area contributed by atoms with Gasteiger partial charge in [0.2, 0.25) is 0 Å². The summed E-state index contributed by atoms with van der Waals surface area (Å²) in [6.45, 7) is 4.36. The summed E-state index contributed by atoms with van der Waals surface area (Å²) in [6.07, 6.45) is 16.5. The highest BCUT2D eigenvalue weighted by molar-refractivity contribution is 6.23. The molecule has 3 heterocycles. The molecular weight excluding hydrogens is 763 g/mol. The molecule has 63 heavy (non-hydrogen) atoms. The molecule has 3 heteroatoms. The summed E-state index contributed by atoms with van der Waals surface area (Å²) in [7, 11) is 0. The summed E-state index contributed by atoms with van der Waals surface area (Å²) >= 11 is 0. The number of aromatic nitrogens is 2. The molecule has 0 amide bonds. The first kappa shape index (κ1) is 36.7. The normalized spacial score (nSPS) is 14.6. The highest BCUT2D eigenvalue weighted by Crippen LogP contribution is 2.41. The fourth-order valence-electron chi connectivity index (χ4n) is 10.1. The molecule has 0 spiro atoms. The minimum Gasteiger partial charge on any atom is -0.311 e. The largest absolute Gasteiger partial charge is 0.311 e. The third-order valence-electron chi connectivity index (χ3n) is 13.0. The van der Waals surface area contributed by atoms with E-state index in [2.05, 4.69) is 245 Å². The molecule has 0 aliphatic heterocycles. The molecule has 1 atom stereocenters. The van der Waals surface area contributed by atoms with Crippen molar-refractivity contribution in [3.05, 3.63) is 254 Å². The average molecular weight is 806 g/mol. The quantitative estimate of drug-likeness (QED) is 0.132. The van der Waals surface area contributed by atoms with Gasteiger partial charge in [-0.05, 0) is 101 Å². The van der Waals surface area contributed by atoms with E-state index in [0.717, 1.165) is 29.2 Å². The van der Waals surface area contributed by atoms with Crippen LogP contribution in [0.5, 0.6) is 0 Å². The van der Waals surface area contributed by atoms with Crippen LogP contribution in [-0.2, 0) is 0 Å². The summed E-state index contributed by atoms with van der Waals surface area (Å²) in [5.74, 6) is 0.256. The van der Waals surface area contributed by atoms with Gasteiger partial charge in [-0.1, -0.05) is 164 Å². The third-order valence-corrected chi connectivity index (χ3v) is 13.0. The Hall–Kier alpha value is -8.14. The van der Waals surface area contributed by atoms with Gasteiger partial charge in [0.05, 0.1) is 27.6 Å². The Labute approximate surface area is 366 Å². The lowest BCUT2D eigenvalue weighted by Crippen LogP contribution is -2.21. The molecule has 0 fully saturated rings. The first-order valence-electron chi connectivity index (χ1n) is 21.8. The monoisotopic (exact) mass is 805 g/mol. The van der Waals surface area contributed by atoms with Gasteiger partial charge in [-0.15, -0.1) is 0 Å². The average Bonchev–Trinajstić information content (AvgIpc) is 4.00. The van der Waals surface area contributed by atoms with Crippen LogP contribution in [0.25, 0.3) is 82.8 Å². The van der Waals surface area contributed by atoms with Crippen LogP contribution in [0.1, 0.15) is 23.5 Å². The van der Waals surface area contributed by atoms with Gasteiger partial charge in [0, 0.05) is 61.0 Å². The van der Waals surface area contributed by atoms with Crippen molar-refractivity contribution in [3.63, 3.8) is 0 Å². The van der Waals surface area contributed by atoms with Crippen molar-refractivity contribution in [2.45, 2.75) is 12.3 Å². The van der Waals surface area contributed by atoms with Crippen molar-refractivity contribution < 1.29 is 0 Å². The van der Waals surface area contributed by atoms with Crippen molar-refractivity contribution in [1.82, 2.24) is 8.97 Å². The van der Waals surface area contributed by atoms with E-state index in [1.54, 1.807) is 0 Å². The van der Waals surface area contributed by atoms with Gasteiger partial charge in [0.1, 0.15) is 0 Å². The minimum atomic E-state index is 0.256. The molecule has 11 aromatic rings. The predicted octanol–water partition coefficient (Wildman–Crippen LogP) is 15.8. The van der Waals surface area contributed by atoms with E-state index >= 15 is 0 Å². The molecule has 0 radical (unpaired) electrons. The van der Waals surface area contributed by atoms with Crippen LogP contribution >= 0.6 is 0 Å². The molecular formula is C60H43N3. The Morgan fingerprint density at radius 3 is 2.00 bits per heavy atom. The fourth-order valence-corrected chi connectivity index (χ4v) is 10.1. The minimum absolute atomic E-state index is 0.256. The van der Waals surface area contributed by atoms with Crippen molar-refractivity contribution in [2.75, 3.05) is 4.90 Å². The van der Waals surface area contributed by atoms with Crippen LogP contribution < -0.4 is 4.90 Å². The summed E-state index contributed by atoms with van der Waals surface area (Å²) < 4.78 is 4.82. The number of nitrogens with zero attached hydrogens (tertiary/aromatic N) is 3. The molecule has 0 saturated heterocycles. The van der Waals surface area contributed by atoms with Gasteiger partial charge in [-0.25, -0.2) is 0 Å². The molecule has 1 aliphatic rings. The van der Waals surface area contributed by atoms with E-state index in [0.29, 0.717) is 0 Å². The summed E-state index contributed by atoms with van der Waals surface area (Å²) in [6, 6.07) is 68.0. The van der Waals surface area contributed by atoms with Crippen molar-refractivity contribution >= 4 is 71.7 Å². The number of hydrogen-bond acceptors (Lipinski definition) is 1. The van der Waals surface area contributed by atoms with E-state index in [-0.39, 0.29) is 5.92 Å². The highest BCUT2D eigenvalue weighted by atomic mass is 15.2. The molecule has 3 aromatic heterocycles. The number of rotatable bonds is 9. The Kier molecular flexibility index (Phi) is 8.79. The zero-order valence-corrected chi connectivity index (χ0v) is 34.8. The second-order valence-electron chi connectivity index (χ2n) is 16.5. The second kappa shape index (κ2) is 15.1. The van der Waals surface area contributed by atoms with Gasteiger partial charge < -0.3 is 13.9 Å². The van der Waals surface area contributed by atoms with Gasteiger partial charge in [0.15, 0.2) is 0 Å². The number of para-hydroxylation sites is 4. The molecule has 3 nitrogen and oxygen atoms in total. The smallest absolute Gasteiger partial charge is 0.0620 e. The Morgan fingerprint density at radius 2 is 1.22 bits per heavy atom. The first-order valence-corrected chi connectivity index (χ1v) is 21.8. The SMILES string of the molecule is C=CC(=CC=Cc1cccc2c1c1ccccc1n2-c1ccccc1)N(C1=CCC(c2ccc3c(c2)c2cccc4c5ccccc5n3c42)C=C1)c1ccc(-c2ccccc2)cc1. The maximum atomic E-state index is 4.36. The lowest BCUT2D eigenvalue weighted by Gasteiger charge is -2.30. The van der Waals surface area contributed by atoms with Crippen LogP contribution in [0.4, 0.5) is 5.69 Å². The fraction of sp³-hybridized carbons (Fsp3) is 0.0333. The van der Waals surface area contributed by atoms with Crippen LogP contribution in [0.15, 0.2) is 242 Å². The van der Waals surface area contributed by atoms with Crippen molar-refractivity contribution in [3.8, 4) is 16.8 Å². The molecule has 0 N–H and O–H groups in total. The lowest BCUT2D eigenvalue weighted by molar-refractivity contribution is 0.839. The first-order chi connectivity index (χ1) is 31.2. The maximum Gasteiger partial charge on any atom is 0.0620 e. The standard InChI is InChI=1S/C60H43N3/c1-2-46(22-13-18-44-19-14-29-58-59(44)53-24-10-12-28-56(53)62(58)47-20-7-4-8-21-47)61(48-35-30-42(31-36-48)41-16-5-3-6-17-41)49-37-32-43(33-38-49)45-34-39-57-54(40-45)52-26-15-25-51-50-23-9-11-27-55(50)63(57)60(51)52/h2-32,34-40,43H,1,33H2. The molecule has 0 bridgehead atoms. The zero-order valence-electron chi connectivity index (χ0n) is 34.8. The van der Waals surface area contributed by atoms with Crippen LogP contribution in [0, 0.1) is 0 Å². The van der Waals surface area contributed by atoms with Crippen LogP contribution in [-0.4, -0.2) is 8.97 Å². The van der Waals surface area contributed by atoms with Gasteiger partial charge in [0.25, 0.3) is 0 Å². The van der Waals surface area contributed by atoms with E-state index in [4.69, 9.17) is 0 Å². The molecule has 1 aliphatic carbocycles. The van der Waals surface area contributed by atoms with Crippen LogP contribution in [0.2, 0.25) is 0 Å². The number of fused-ring (bicyclic) bond motifs is 9. The second-order valence-corrected chi connectivity index (χ2v) is 16.5. The van der Waals surface area contributed by atoms with Crippen molar-refractivity contribution in [2.24, 2.45) is 0 Å². The lowest BCUT2D eigenvalue weighted by atomic mass is 9.90. The Bertz CT molecular complexity index is 3650. The summed E-state index contributed by atoms with van der Waals surface area (Å²) in [5, 5.41) is 7.73.